The Balaban J connectivity index is 1.79. The molecule has 0 aliphatic heterocycles. The summed E-state index contributed by atoms with van der Waals surface area (Å²) in [6.45, 7) is 0.0221. The number of nitrogens with one attached hydrogen (secondary N) is 1. The Morgan fingerprint density at radius 1 is 1.29 bits per heavy atom. The van der Waals surface area contributed by atoms with Crippen LogP contribution in [0.1, 0.15) is 11.1 Å². The van der Waals surface area contributed by atoms with Crippen LogP contribution in [-0.4, -0.2) is 23.7 Å². The van der Waals surface area contributed by atoms with Crippen LogP contribution < -0.4 is 5.32 Å². The number of benzene rings is 2. The topological polar surface area (TPSA) is 93.8 Å². The minimum atomic E-state index is -0.515. The van der Waals surface area contributed by atoms with E-state index >= 15 is 0 Å². The molecule has 124 valence electrons. The number of halogens is 1. The van der Waals surface area contributed by atoms with Gasteiger partial charge >= 0.3 is 0 Å². The molecule has 0 atom stereocenters. The number of nitro groups is 1. The molecule has 0 aliphatic carbocycles. The van der Waals surface area contributed by atoms with Crippen molar-refractivity contribution in [2.75, 3.05) is 6.61 Å². The van der Waals surface area contributed by atoms with Gasteiger partial charge in [-0.2, -0.15) is 0 Å². The Morgan fingerprint density at radius 3 is 2.83 bits per heavy atom. The van der Waals surface area contributed by atoms with E-state index < -0.39 is 4.92 Å². The molecule has 2 aromatic carbocycles. The third-order valence-electron chi connectivity index (χ3n) is 2.97. The van der Waals surface area contributed by atoms with E-state index in [0.717, 1.165) is 5.56 Å². The predicted molar refractivity (Wildman–Crippen MR) is 89.9 cm³/mol. The second kappa shape index (κ2) is 8.64. The predicted octanol–water partition coefficient (Wildman–Crippen LogP) is 2.92. The van der Waals surface area contributed by atoms with Gasteiger partial charge in [-0.25, -0.2) is 0 Å². The zero-order valence-electron chi connectivity index (χ0n) is 12.5. The molecule has 0 saturated carbocycles. The highest BCUT2D eigenvalue weighted by Gasteiger charge is 2.10. The fourth-order valence-electron chi connectivity index (χ4n) is 1.85. The zero-order valence-corrected chi connectivity index (χ0v) is 13.3. The van der Waals surface area contributed by atoms with E-state index in [-0.39, 0.29) is 18.2 Å². The summed E-state index contributed by atoms with van der Waals surface area (Å²) in [5.41, 5.74) is 1.07. The van der Waals surface area contributed by atoms with E-state index in [1.165, 1.54) is 18.3 Å². The maximum absolute atomic E-state index is 11.6. The lowest BCUT2D eigenvalue weighted by Crippen LogP contribution is -2.26. The Morgan fingerprint density at radius 2 is 2.08 bits per heavy atom. The highest BCUT2D eigenvalue weighted by Crippen LogP contribution is 2.15. The van der Waals surface area contributed by atoms with Crippen molar-refractivity contribution in [3.63, 3.8) is 0 Å². The molecule has 24 heavy (non-hydrogen) atoms. The van der Waals surface area contributed by atoms with Gasteiger partial charge in [-0.15, -0.1) is 0 Å². The summed E-state index contributed by atoms with van der Waals surface area (Å²) >= 11 is 5.85. The average molecular weight is 348 g/mol. The lowest BCUT2D eigenvalue weighted by Gasteiger charge is -2.04. The maximum atomic E-state index is 11.6. The molecular formula is C16H14ClN3O4. The molecule has 0 heterocycles. The minimum Gasteiger partial charge on any atom is -0.386 e. The van der Waals surface area contributed by atoms with E-state index in [1.807, 2.05) is 6.07 Å². The van der Waals surface area contributed by atoms with E-state index in [0.29, 0.717) is 17.1 Å². The Labute approximate surface area is 143 Å². The number of nitro benzene ring substituents is 1. The molecule has 2 rings (SSSR count). The van der Waals surface area contributed by atoms with Gasteiger partial charge in [-0.05, 0) is 23.8 Å². The molecule has 0 aliphatic rings. The number of hydrogen-bond donors (Lipinski definition) is 1. The van der Waals surface area contributed by atoms with Gasteiger partial charge in [0.1, 0.15) is 0 Å². The molecule has 0 aromatic heterocycles. The standard InChI is InChI=1S/C16H14ClN3O4/c17-14-6-3-4-12(8-14)9-18-16(21)11-24-19-10-13-5-1-2-7-15(13)20(22)23/h1-8,10H,9,11H2,(H,18,21)/b19-10+. The van der Waals surface area contributed by atoms with Gasteiger partial charge in [-0.3, -0.25) is 14.9 Å². The first-order valence-corrected chi connectivity index (χ1v) is 7.34. The quantitative estimate of drug-likeness (QED) is 0.473. The number of para-hydroxylation sites is 1. The van der Waals surface area contributed by atoms with Gasteiger partial charge in [-0.1, -0.05) is 41.0 Å². The number of oxime groups is 1. The van der Waals surface area contributed by atoms with Crippen LogP contribution in [0, 0.1) is 10.1 Å². The highest BCUT2D eigenvalue weighted by atomic mass is 35.5. The lowest BCUT2D eigenvalue weighted by molar-refractivity contribution is -0.385. The molecule has 7 nitrogen and oxygen atoms in total. The number of carbonyl (C=O) groups excluding carboxylic acids is 1. The molecule has 0 fully saturated rings. The summed E-state index contributed by atoms with van der Waals surface area (Å²) in [6.07, 6.45) is 1.20. The first-order chi connectivity index (χ1) is 11.6. The van der Waals surface area contributed by atoms with Crippen LogP contribution in [0.25, 0.3) is 0 Å². The molecule has 1 amide bonds. The summed E-state index contributed by atoms with van der Waals surface area (Å²) in [4.78, 5) is 26.8. The lowest BCUT2D eigenvalue weighted by atomic mass is 10.2. The number of nitrogens with zero attached hydrogens (tertiary/aromatic N) is 2. The zero-order chi connectivity index (χ0) is 17.4. The third-order valence-corrected chi connectivity index (χ3v) is 3.21. The van der Waals surface area contributed by atoms with Gasteiger partial charge in [0.05, 0.1) is 16.7 Å². The third kappa shape index (κ3) is 5.36. The van der Waals surface area contributed by atoms with Crippen LogP contribution in [0.5, 0.6) is 0 Å². The van der Waals surface area contributed by atoms with E-state index in [2.05, 4.69) is 10.5 Å². The van der Waals surface area contributed by atoms with Gasteiger partial charge in [0.2, 0.25) is 0 Å². The van der Waals surface area contributed by atoms with Crippen molar-refractivity contribution in [3.8, 4) is 0 Å². The first kappa shape index (κ1) is 17.4. The van der Waals surface area contributed by atoms with Gasteiger partial charge in [0.25, 0.3) is 11.6 Å². The minimum absolute atomic E-state index is 0.0877. The molecule has 0 saturated heterocycles. The maximum Gasteiger partial charge on any atom is 0.278 e. The fraction of sp³-hybridized carbons (Fsp3) is 0.125. The van der Waals surface area contributed by atoms with Crippen molar-refractivity contribution in [3.05, 3.63) is 74.8 Å². The summed E-state index contributed by atoms with van der Waals surface area (Å²) < 4.78 is 0. The molecule has 0 unspecified atom stereocenters. The first-order valence-electron chi connectivity index (χ1n) is 6.96. The van der Waals surface area contributed by atoms with Crippen molar-refractivity contribution in [2.45, 2.75) is 6.54 Å². The summed E-state index contributed by atoms with van der Waals surface area (Å²) in [5, 5.41) is 17.7. The van der Waals surface area contributed by atoms with Crippen molar-refractivity contribution in [1.29, 1.82) is 0 Å². The monoisotopic (exact) mass is 347 g/mol. The van der Waals surface area contributed by atoms with Crippen molar-refractivity contribution in [1.82, 2.24) is 5.32 Å². The second-order valence-corrected chi connectivity index (χ2v) is 5.17. The normalized spacial score (nSPS) is 10.5. The summed E-state index contributed by atoms with van der Waals surface area (Å²) in [6, 6.07) is 13.2. The van der Waals surface area contributed by atoms with E-state index in [1.54, 1.807) is 30.3 Å². The fourth-order valence-corrected chi connectivity index (χ4v) is 2.06. The molecule has 0 spiro atoms. The molecule has 8 heteroatoms. The molecule has 0 radical (unpaired) electrons. The second-order valence-electron chi connectivity index (χ2n) is 4.73. The van der Waals surface area contributed by atoms with Gasteiger partial charge < -0.3 is 10.2 Å². The number of hydrogen-bond acceptors (Lipinski definition) is 5. The smallest absolute Gasteiger partial charge is 0.278 e. The van der Waals surface area contributed by atoms with Gasteiger partial charge in [0, 0.05) is 17.6 Å². The summed E-state index contributed by atoms with van der Waals surface area (Å²) in [5.74, 6) is -0.366. The van der Waals surface area contributed by atoms with Crippen molar-refractivity contribution >= 4 is 29.4 Å². The van der Waals surface area contributed by atoms with Crippen molar-refractivity contribution < 1.29 is 14.6 Å². The van der Waals surface area contributed by atoms with Crippen molar-refractivity contribution in [2.24, 2.45) is 5.16 Å². The van der Waals surface area contributed by atoms with Crippen LogP contribution in [0.4, 0.5) is 5.69 Å². The largest absolute Gasteiger partial charge is 0.386 e. The van der Waals surface area contributed by atoms with Crippen LogP contribution in [0.15, 0.2) is 53.7 Å². The molecular weight excluding hydrogens is 334 g/mol. The Kier molecular flexibility index (Phi) is 6.27. The van der Waals surface area contributed by atoms with E-state index in [9.17, 15) is 14.9 Å². The van der Waals surface area contributed by atoms with Crippen LogP contribution in [-0.2, 0) is 16.2 Å². The van der Waals surface area contributed by atoms with Gasteiger partial charge in [0.15, 0.2) is 6.61 Å². The Hall–Kier alpha value is -2.93. The average Bonchev–Trinajstić information content (AvgIpc) is 2.57. The molecule has 2 aromatic rings. The number of amides is 1. The number of rotatable bonds is 7. The summed E-state index contributed by atoms with van der Waals surface area (Å²) in [7, 11) is 0. The van der Waals surface area contributed by atoms with Crippen LogP contribution in [0.2, 0.25) is 5.02 Å². The molecule has 1 N–H and O–H groups in total. The van der Waals surface area contributed by atoms with Crippen LogP contribution in [0.3, 0.4) is 0 Å². The van der Waals surface area contributed by atoms with Crippen LogP contribution >= 0.6 is 11.6 Å². The number of carbonyl (C=O) groups is 1. The molecule has 0 bridgehead atoms. The van der Waals surface area contributed by atoms with E-state index in [4.69, 9.17) is 16.4 Å². The SMILES string of the molecule is O=C(CO/N=C/c1ccccc1[N+](=O)[O-])NCc1cccc(Cl)c1. The Bertz CT molecular complexity index is 764. The highest BCUT2D eigenvalue weighted by molar-refractivity contribution is 6.30.